The van der Waals surface area contributed by atoms with E-state index in [1.165, 1.54) is 0 Å². The van der Waals surface area contributed by atoms with E-state index in [2.05, 4.69) is 33.8 Å². The van der Waals surface area contributed by atoms with Gasteiger partial charge in [-0.25, -0.2) is 0 Å². The average Bonchev–Trinajstić information content (AvgIpc) is 2.57. The molecule has 0 aliphatic heterocycles. The standard InChI is InChI=1S/C16H30O3.C3H6O/c1-7-9-15(17-5)16(18-6)12-13(3)10-11-19-14(4)8-2;1-2-3-4/h9,12-14H,7-8,10-11H2,1-6H3;3H,2H2,1H3/b15-9+,16-12+;. The zero-order chi connectivity index (χ0) is 18.1. The molecule has 0 spiro atoms. The van der Waals surface area contributed by atoms with E-state index in [1.54, 1.807) is 14.2 Å². The quantitative estimate of drug-likeness (QED) is 0.307. The molecule has 0 heterocycles. The molecule has 0 saturated heterocycles. The molecule has 0 saturated carbocycles. The number of ether oxygens (including phenoxy) is 3. The summed E-state index contributed by atoms with van der Waals surface area (Å²) in [6, 6.07) is 0. The van der Waals surface area contributed by atoms with Crippen molar-refractivity contribution in [2.45, 2.75) is 66.4 Å². The smallest absolute Gasteiger partial charge is 0.156 e. The minimum atomic E-state index is 0.340. The fraction of sp³-hybridized carbons (Fsp3) is 0.737. The monoisotopic (exact) mass is 328 g/mol. The average molecular weight is 328 g/mol. The maximum atomic E-state index is 9.17. The Morgan fingerprint density at radius 2 is 1.57 bits per heavy atom. The first-order chi connectivity index (χ1) is 11.0. The van der Waals surface area contributed by atoms with Crippen LogP contribution in [0.25, 0.3) is 0 Å². The van der Waals surface area contributed by atoms with E-state index in [-0.39, 0.29) is 0 Å². The van der Waals surface area contributed by atoms with Gasteiger partial charge in [-0.2, -0.15) is 0 Å². The summed E-state index contributed by atoms with van der Waals surface area (Å²) in [7, 11) is 3.35. The molecular weight excluding hydrogens is 292 g/mol. The van der Waals surface area contributed by atoms with E-state index in [0.717, 1.165) is 43.7 Å². The Morgan fingerprint density at radius 1 is 1.00 bits per heavy atom. The zero-order valence-electron chi connectivity index (χ0n) is 16.1. The van der Waals surface area contributed by atoms with Crippen LogP contribution in [0.1, 0.15) is 60.3 Å². The summed E-state index contributed by atoms with van der Waals surface area (Å²) in [5, 5.41) is 0. The minimum absolute atomic E-state index is 0.340. The molecule has 0 aromatic rings. The van der Waals surface area contributed by atoms with E-state index >= 15 is 0 Å². The molecule has 0 aliphatic carbocycles. The molecule has 0 fully saturated rings. The molecule has 4 heteroatoms. The number of aldehydes is 1. The van der Waals surface area contributed by atoms with Crippen LogP contribution >= 0.6 is 0 Å². The molecule has 0 bridgehead atoms. The molecule has 4 nitrogen and oxygen atoms in total. The Labute approximate surface area is 142 Å². The summed E-state index contributed by atoms with van der Waals surface area (Å²) >= 11 is 0. The van der Waals surface area contributed by atoms with Crippen LogP contribution in [0.2, 0.25) is 0 Å². The molecule has 0 amide bonds. The van der Waals surface area contributed by atoms with Crippen LogP contribution in [-0.4, -0.2) is 33.2 Å². The maximum Gasteiger partial charge on any atom is 0.156 e. The van der Waals surface area contributed by atoms with Gasteiger partial charge in [0.2, 0.25) is 0 Å². The summed E-state index contributed by atoms with van der Waals surface area (Å²) in [4.78, 5) is 9.17. The van der Waals surface area contributed by atoms with Crippen LogP contribution in [-0.2, 0) is 19.0 Å². The van der Waals surface area contributed by atoms with Crippen molar-refractivity contribution in [3.63, 3.8) is 0 Å². The topological polar surface area (TPSA) is 44.8 Å². The number of hydrogen-bond donors (Lipinski definition) is 0. The SMILES string of the molecule is CC/C=C(OC)\C(=C/C(C)CCOC(C)CC)OC.CCC=O. The van der Waals surface area contributed by atoms with Crippen LogP contribution in [0.5, 0.6) is 0 Å². The lowest BCUT2D eigenvalue weighted by Crippen LogP contribution is -2.10. The zero-order valence-corrected chi connectivity index (χ0v) is 16.1. The second kappa shape index (κ2) is 17.1. The largest absolute Gasteiger partial charge is 0.493 e. The molecule has 0 N–H and O–H groups in total. The van der Waals surface area contributed by atoms with Gasteiger partial charge in [0, 0.05) is 13.0 Å². The van der Waals surface area contributed by atoms with Gasteiger partial charge < -0.3 is 19.0 Å². The van der Waals surface area contributed by atoms with Gasteiger partial charge in [-0.05, 0) is 44.3 Å². The lowest BCUT2D eigenvalue weighted by Gasteiger charge is -2.15. The number of rotatable bonds is 11. The fourth-order valence-corrected chi connectivity index (χ4v) is 1.64. The molecular formula is C19H36O4. The lowest BCUT2D eigenvalue weighted by molar-refractivity contribution is -0.107. The summed E-state index contributed by atoms with van der Waals surface area (Å²) in [6.07, 6.45) is 8.95. The molecule has 0 aromatic carbocycles. The maximum absolute atomic E-state index is 9.17. The predicted molar refractivity (Wildman–Crippen MR) is 96.3 cm³/mol. The van der Waals surface area contributed by atoms with Gasteiger partial charge in [0.15, 0.2) is 11.5 Å². The second-order valence-electron chi connectivity index (χ2n) is 5.35. The molecule has 2 atom stereocenters. The van der Waals surface area contributed by atoms with Gasteiger partial charge in [-0.15, -0.1) is 0 Å². The van der Waals surface area contributed by atoms with Crippen molar-refractivity contribution in [2.24, 2.45) is 5.92 Å². The molecule has 0 aliphatic rings. The Kier molecular flexibility index (Phi) is 17.8. The molecule has 23 heavy (non-hydrogen) atoms. The highest BCUT2D eigenvalue weighted by Gasteiger charge is 2.08. The second-order valence-corrected chi connectivity index (χ2v) is 5.35. The Hall–Kier alpha value is -1.29. The molecule has 2 unspecified atom stereocenters. The van der Waals surface area contributed by atoms with Crippen molar-refractivity contribution in [3.8, 4) is 0 Å². The van der Waals surface area contributed by atoms with E-state index < -0.39 is 0 Å². The van der Waals surface area contributed by atoms with Gasteiger partial charge in [0.25, 0.3) is 0 Å². The van der Waals surface area contributed by atoms with Gasteiger partial charge in [0.05, 0.1) is 20.3 Å². The highest BCUT2D eigenvalue weighted by molar-refractivity contribution is 5.48. The first kappa shape index (κ1) is 24.0. The number of carbonyl (C=O) groups is 1. The first-order valence-corrected chi connectivity index (χ1v) is 8.55. The predicted octanol–water partition coefficient (Wildman–Crippen LogP) is 4.89. The number of methoxy groups -OCH3 is 2. The van der Waals surface area contributed by atoms with E-state index in [4.69, 9.17) is 14.2 Å². The van der Waals surface area contributed by atoms with Crippen molar-refractivity contribution in [1.29, 1.82) is 0 Å². The van der Waals surface area contributed by atoms with Crippen LogP contribution in [0.15, 0.2) is 23.7 Å². The third-order valence-electron chi connectivity index (χ3n) is 3.23. The third kappa shape index (κ3) is 14.1. The van der Waals surface area contributed by atoms with E-state index in [9.17, 15) is 4.79 Å². The van der Waals surface area contributed by atoms with Gasteiger partial charge in [0.1, 0.15) is 6.29 Å². The van der Waals surface area contributed by atoms with Crippen molar-refractivity contribution in [1.82, 2.24) is 0 Å². The van der Waals surface area contributed by atoms with Crippen molar-refractivity contribution in [2.75, 3.05) is 20.8 Å². The highest BCUT2D eigenvalue weighted by Crippen LogP contribution is 2.17. The summed E-state index contributed by atoms with van der Waals surface area (Å²) in [5.41, 5.74) is 0. The van der Waals surface area contributed by atoms with Crippen LogP contribution in [0, 0.1) is 5.92 Å². The summed E-state index contributed by atoms with van der Waals surface area (Å²) in [6.45, 7) is 11.1. The number of allylic oxidation sites excluding steroid dienone is 2. The Morgan fingerprint density at radius 3 is 1.96 bits per heavy atom. The molecule has 0 rings (SSSR count). The third-order valence-corrected chi connectivity index (χ3v) is 3.23. The van der Waals surface area contributed by atoms with Crippen LogP contribution in [0.4, 0.5) is 0 Å². The van der Waals surface area contributed by atoms with Crippen molar-refractivity contribution in [3.05, 3.63) is 23.7 Å². The first-order valence-electron chi connectivity index (χ1n) is 8.55. The number of hydrogen-bond acceptors (Lipinski definition) is 4. The molecule has 0 radical (unpaired) electrons. The van der Waals surface area contributed by atoms with Crippen LogP contribution < -0.4 is 0 Å². The van der Waals surface area contributed by atoms with Crippen LogP contribution in [0.3, 0.4) is 0 Å². The Bertz CT molecular complexity index is 334. The summed E-state index contributed by atoms with van der Waals surface area (Å²) < 4.78 is 16.4. The van der Waals surface area contributed by atoms with E-state index in [0.29, 0.717) is 18.4 Å². The lowest BCUT2D eigenvalue weighted by atomic mass is 10.1. The summed E-state index contributed by atoms with van der Waals surface area (Å²) in [5.74, 6) is 2.01. The van der Waals surface area contributed by atoms with Gasteiger partial charge >= 0.3 is 0 Å². The van der Waals surface area contributed by atoms with Gasteiger partial charge in [-0.1, -0.05) is 27.7 Å². The van der Waals surface area contributed by atoms with Crippen molar-refractivity contribution >= 4 is 6.29 Å². The minimum Gasteiger partial charge on any atom is -0.493 e. The Balaban J connectivity index is 0. The number of carbonyl (C=O) groups excluding carboxylic acids is 1. The fourth-order valence-electron chi connectivity index (χ4n) is 1.64. The van der Waals surface area contributed by atoms with E-state index in [1.807, 2.05) is 13.0 Å². The normalized spacial score (nSPS) is 14.4. The van der Waals surface area contributed by atoms with Crippen molar-refractivity contribution < 1.29 is 19.0 Å². The highest BCUT2D eigenvalue weighted by atomic mass is 16.5. The molecule has 136 valence electrons. The van der Waals surface area contributed by atoms with Gasteiger partial charge in [-0.3, -0.25) is 0 Å². The molecule has 0 aromatic heterocycles.